The maximum absolute atomic E-state index is 13.3. The van der Waals surface area contributed by atoms with Crippen molar-refractivity contribution >= 4 is 15.9 Å². The van der Waals surface area contributed by atoms with Crippen molar-refractivity contribution < 1.29 is 26.4 Å². The molecule has 0 spiro atoms. The largest absolute Gasteiger partial charge is 0.416 e. The third-order valence-corrected chi connectivity index (χ3v) is 8.98. The number of hydrogen-bond donors (Lipinski definition) is 3. The van der Waals surface area contributed by atoms with Gasteiger partial charge in [0.2, 0.25) is 15.9 Å². The zero-order valence-electron chi connectivity index (χ0n) is 24.0. The molecule has 0 fully saturated rings. The molecule has 10 heteroatoms. The molecule has 226 valence electrons. The lowest BCUT2D eigenvalue weighted by Crippen LogP contribution is -2.36. The van der Waals surface area contributed by atoms with E-state index in [2.05, 4.69) is 54.3 Å². The molecule has 0 aromatic heterocycles. The molecule has 3 aromatic carbocycles. The number of halogens is 3. The number of benzene rings is 3. The molecule has 1 aliphatic rings. The number of fused-ring (bicyclic) bond motifs is 1. The Morgan fingerprint density at radius 1 is 0.952 bits per heavy atom. The van der Waals surface area contributed by atoms with Gasteiger partial charge in [-0.2, -0.15) is 13.2 Å². The highest BCUT2D eigenvalue weighted by Crippen LogP contribution is 2.33. The number of carbonyl (C=O) groups is 1. The van der Waals surface area contributed by atoms with Crippen LogP contribution in [0.3, 0.4) is 0 Å². The minimum absolute atomic E-state index is 0.198. The Hall–Kier alpha value is -3.21. The summed E-state index contributed by atoms with van der Waals surface area (Å²) in [5, 5.41) is 6.63. The molecule has 3 N–H and O–H groups in total. The van der Waals surface area contributed by atoms with E-state index in [0.717, 1.165) is 49.6 Å². The van der Waals surface area contributed by atoms with Crippen molar-refractivity contribution in [1.29, 1.82) is 0 Å². The van der Waals surface area contributed by atoms with Gasteiger partial charge in [0.05, 0.1) is 22.5 Å². The standard InChI is InChI=1S/C32H38F3N3O3S/c1-21(2)20-36-22(3)24-15-16-28-25(17-24)11-7-14-29(28)37-31(39)19-30(23-9-5-4-6-10-23)38-42(40,41)27-13-8-12-26(18-27)32(33,34)35/h4-6,8-10,12-13,15-18,21-22,29-30,36,38H,7,11,14,19-20H2,1-3H3,(H,37,39)/t22-,29+,30+/m0/s1. The van der Waals surface area contributed by atoms with E-state index in [4.69, 9.17) is 0 Å². The summed E-state index contributed by atoms with van der Waals surface area (Å²) >= 11 is 0. The van der Waals surface area contributed by atoms with Crippen LogP contribution in [0.25, 0.3) is 0 Å². The fourth-order valence-electron chi connectivity index (χ4n) is 5.23. The quantitative estimate of drug-likeness (QED) is 0.231. The van der Waals surface area contributed by atoms with Crippen LogP contribution < -0.4 is 15.4 Å². The van der Waals surface area contributed by atoms with E-state index >= 15 is 0 Å². The Bertz CT molecular complexity index is 1480. The molecule has 0 saturated carbocycles. The Balaban J connectivity index is 1.51. The van der Waals surface area contributed by atoms with Crippen molar-refractivity contribution in [3.8, 4) is 0 Å². The molecule has 0 unspecified atom stereocenters. The lowest BCUT2D eigenvalue weighted by atomic mass is 9.85. The topological polar surface area (TPSA) is 87.3 Å². The molecule has 1 amide bonds. The van der Waals surface area contributed by atoms with Gasteiger partial charge in [-0.1, -0.05) is 68.4 Å². The predicted molar refractivity (Wildman–Crippen MR) is 157 cm³/mol. The number of rotatable bonds is 11. The second-order valence-electron chi connectivity index (χ2n) is 11.3. The summed E-state index contributed by atoms with van der Waals surface area (Å²) in [5.41, 5.74) is 2.89. The van der Waals surface area contributed by atoms with Gasteiger partial charge in [0.25, 0.3) is 0 Å². The third kappa shape index (κ3) is 8.20. The van der Waals surface area contributed by atoms with Crippen molar-refractivity contribution in [2.75, 3.05) is 6.54 Å². The molecule has 6 nitrogen and oxygen atoms in total. The number of amides is 1. The molecule has 0 heterocycles. The number of carbonyl (C=O) groups excluding carboxylic acids is 1. The van der Waals surface area contributed by atoms with Crippen molar-refractivity contribution in [2.24, 2.45) is 5.92 Å². The smallest absolute Gasteiger partial charge is 0.349 e. The molecule has 0 aliphatic heterocycles. The van der Waals surface area contributed by atoms with Crippen LogP contribution in [0.4, 0.5) is 13.2 Å². The SMILES string of the molecule is CC(C)CN[C@@H](C)c1ccc2c(c1)CCC[C@H]2NC(=O)C[C@@H](NS(=O)(=O)c1cccc(C(F)(F)F)c1)c1ccccc1. The highest BCUT2D eigenvalue weighted by Gasteiger charge is 2.33. The Morgan fingerprint density at radius 2 is 1.69 bits per heavy atom. The molecular weight excluding hydrogens is 563 g/mol. The van der Waals surface area contributed by atoms with Crippen molar-refractivity contribution in [2.45, 2.75) is 75.7 Å². The summed E-state index contributed by atoms with van der Waals surface area (Å²) < 4.78 is 68.6. The lowest BCUT2D eigenvalue weighted by molar-refractivity contribution is -0.137. The van der Waals surface area contributed by atoms with Crippen LogP contribution in [-0.2, 0) is 27.4 Å². The second-order valence-corrected chi connectivity index (χ2v) is 13.0. The third-order valence-electron chi connectivity index (χ3n) is 7.51. The number of alkyl halides is 3. The normalized spacial score (nSPS) is 17.0. The van der Waals surface area contributed by atoms with Gasteiger partial charge in [0.15, 0.2) is 0 Å². The van der Waals surface area contributed by atoms with E-state index in [0.29, 0.717) is 17.5 Å². The van der Waals surface area contributed by atoms with E-state index in [1.165, 1.54) is 11.1 Å². The first-order valence-corrected chi connectivity index (χ1v) is 15.7. The average Bonchev–Trinajstić information content (AvgIpc) is 2.95. The first-order valence-electron chi connectivity index (χ1n) is 14.2. The zero-order valence-corrected chi connectivity index (χ0v) is 24.9. The number of nitrogens with one attached hydrogen (secondary N) is 3. The molecule has 3 aromatic rings. The average molecular weight is 602 g/mol. The number of aryl methyl sites for hydroxylation is 1. The molecule has 42 heavy (non-hydrogen) atoms. The van der Waals surface area contributed by atoms with Gasteiger partial charge < -0.3 is 10.6 Å². The van der Waals surface area contributed by atoms with Gasteiger partial charge in [-0.05, 0) is 79.1 Å². The van der Waals surface area contributed by atoms with Gasteiger partial charge in [-0.3, -0.25) is 4.79 Å². The summed E-state index contributed by atoms with van der Waals surface area (Å²) in [7, 11) is -4.38. The van der Waals surface area contributed by atoms with E-state index < -0.39 is 32.7 Å². The fourth-order valence-corrected chi connectivity index (χ4v) is 6.50. The van der Waals surface area contributed by atoms with E-state index in [-0.39, 0.29) is 24.4 Å². The first-order chi connectivity index (χ1) is 19.8. The minimum atomic E-state index is -4.69. The first kappa shape index (κ1) is 31.7. The summed E-state index contributed by atoms with van der Waals surface area (Å²) in [6.07, 6.45) is -2.34. The van der Waals surface area contributed by atoms with Crippen LogP contribution >= 0.6 is 0 Å². The lowest BCUT2D eigenvalue weighted by Gasteiger charge is -2.29. The van der Waals surface area contributed by atoms with Crippen molar-refractivity contribution in [3.05, 3.63) is 101 Å². The minimum Gasteiger partial charge on any atom is -0.349 e. The van der Waals surface area contributed by atoms with Crippen LogP contribution in [0, 0.1) is 5.92 Å². The maximum atomic E-state index is 13.3. The Kier molecular flexibility index (Phi) is 10.1. The zero-order chi connectivity index (χ0) is 30.5. The highest BCUT2D eigenvalue weighted by molar-refractivity contribution is 7.89. The molecular formula is C32H38F3N3O3S. The monoisotopic (exact) mass is 601 g/mol. The van der Waals surface area contributed by atoms with Crippen LogP contribution in [0.5, 0.6) is 0 Å². The fraction of sp³-hybridized carbons (Fsp3) is 0.406. The molecule has 0 bridgehead atoms. The van der Waals surface area contributed by atoms with E-state index in [1.807, 2.05) is 0 Å². The molecule has 3 atom stereocenters. The van der Waals surface area contributed by atoms with Crippen LogP contribution in [-0.4, -0.2) is 20.9 Å². The molecule has 4 rings (SSSR count). The molecule has 1 aliphatic carbocycles. The highest BCUT2D eigenvalue weighted by atomic mass is 32.2. The molecule has 0 radical (unpaired) electrons. The van der Waals surface area contributed by atoms with Crippen LogP contribution in [0.15, 0.2) is 77.7 Å². The number of sulfonamides is 1. The van der Waals surface area contributed by atoms with Gasteiger partial charge in [0.1, 0.15) is 0 Å². The summed E-state index contributed by atoms with van der Waals surface area (Å²) in [6, 6.07) is 17.4. The second kappa shape index (κ2) is 13.4. The molecule has 0 saturated heterocycles. The van der Waals surface area contributed by atoms with Gasteiger partial charge in [-0.25, -0.2) is 13.1 Å². The van der Waals surface area contributed by atoms with Gasteiger partial charge in [0, 0.05) is 12.5 Å². The van der Waals surface area contributed by atoms with Crippen molar-refractivity contribution in [1.82, 2.24) is 15.4 Å². The van der Waals surface area contributed by atoms with E-state index in [9.17, 15) is 26.4 Å². The summed E-state index contributed by atoms with van der Waals surface area (Å²) in [6.45, 7) is 7.38. The Labute approximate surface area is 246 Å². The number of hydrogen-bond acceptors (Lipinski definition) is 4. The predicted octanol–water partition coefficient (Wildman–Crippen LogP) is 6.62. The van der Waals surface area contributed by atoms with E-state index in [1.54, 1.807) is 30.3 Å². The van der Waals surface area contributed by atoms with Gasteiger partial charge in [-0.15, -0.1) is 0 Å². The van der Waals surface area contributed by atoms with Crippen molar-refractivity contribution in [3.63, 3.8) is 0 Å². The summed E-state index contributed by atoms with van der Waals surface area (Å²) in [4.78, 5) is 12.8. The maximum Gasteiger partial charge on any atom is 0.416 e. The van der Waals surface area contributed by atoms with Crippen LogP contribution in [0.1, 0.15) is 86.0 Å². The summed E-state index contributed by atoms with van der Waals surface area (Å²) in [5.74, 6) is 0.184. The Morgan fingerprint density at radius 3 is 2.38 bits per heavy atom. The van der Waals surface area contributed by atoms with Gasteiger partial charge >= 0.3 is 6.18 Å². The van der Waals surface area contributed by atoms with Crippen LogP contribution in [0.2, 0.25) is 0 Å².